The van der Waals surface area contributed by atoms with E-state index in [1.165, 1.54) is 31.4 Å². The van der Waals surface area contributed by atoms with E-state index in [-0.39, 0.29) is 11.4 Å². The first-order chi connectivity index (χ1) is 8.50. The fourth-order valence-electron chi connectivity index (χ4n) is 1.49. The minimum absolute atomic E-state index is 0.0726. The summed E-state index contributed by atoms with van der Waals surface area (Å²) in [7, 11) is -2.28. The van der Waals surface area contributed by atoms with Gasteiger partial charge in [0.25, 0.3) is 0 Å². The first-order valence-electron chi connectivity index (χ1n) is 5.20. The monoisotopic (exact) mass is 269 g/mol. The van der Waals surface area contributed by atoms with Gasteiger partial charge in [0.05, 0.1) is 11.4 Å². The van der Waals surface area contributed by atoms with Crippen LogP contribution in [0.5, 0.6) is 0 Å². The van der Waals surface area contributed by atoms with Crippen LogP contribution in [-0.2, 0) is 16.6 Å². The van der Waals surface area contributed by atoms with Crippen LogP contribution in [0, 0.1) is 5.82 Å². The number of hydrogen-bond donors (Lipinski definition) is 1. The average molecular weight is 269 g/mol. The predicted octanol–water partition coefficient (Wildman–Crippen LogP) is 1.37. The summed E-state index contributed by atoms with van der Waals surface area (Å²) in [5.74, 6) is -0.0556. The van der Waals surface area contributed by atoms with E-state index in [1.807, 2.05) is 0 Å². The van der Waals surface area contributed by atoms with Crippen LogP contribution in [-0.4, -0.2) is 29.7 Å². The second-order valence-electron chi connectivity index (χ2n) is 3.75. The van der Waals surface area contributed by atoms with Crippen molar-refractivity contribution in [1.82, 2.24) is 14.3 Å². The molecule has 0 atom stereocenters. The Kier molecular flexibility index (Phi) is 3.44. The number of nitrogens with one attached hydrogen (secondary N) is 1. The third-order valence-corrected chi connectivity index (χ3v) is 4.23. The van der Waals surface area contributed by atoms with Gasteiger partial charge in [-0.1, -0.05) is 6.07 Å². The van der Waals surface area contributed by atoms with Crippen LogP contribution in [0.15, 0.2) is 41.6 Å². The number of H-pyrrole nitrogens is 1. The third-order valence-electron chi connectivity index (χ3n) is 2.43. The number of rotatable bonds is 4. The van der Waals surface area contributed by atoms with Gasteiger partial charge in [-0.3, -0.25) is 0 Å². The molecule has 0 unspecified atom stereocenters. The molecule has 0 fully saturated rings. The second kappa shape index (κ2) is 4.87. The van der Waals surface area contributed by atoms with Gasteiger partial charge in [0, 0.05) is 19.4 Å². The first kappa shape index (κ1) is 12.7. The van der Waals surface area contributed by atoms with E-state index in [1.54, 1.807) is 6.20 Å². The van der Waals surface area contributed by atoms with Crippen molar-refractivity contribution in [2.24, 2.45) is 0 Å². The standard InChI is InChI=1S/C11H12FN3O2S/c1-15(8-11-13-5-6-14-11)18(16,17)10-4-2-3-9(12)7-10/h2-7H,8H2,1H3,(H,13,14). The fourth-order valence-corrected chi connectivity index (χ4v) is 2.65. The summed E-state index contributed by atoms with van der Waals surface area (Å²) in [4.78, 5) is 6.68. The number of imidazole rings is 1. The lowest BCUT2D eigenvalue weighted by Crippen LogP contribution is -2.27. The van der Waals surface area contributed by atoms with Gasteiger partial charge in [-0.05, 0) is 18.2 Å². The molecule has 5 nitrogen and oxygen atoms in total. The molecule has 1 aromatic heterocycles. The number of halogens is 1. The second-order valence-corrected chi connectivity index (χ2v) is 5.80. The molecule has 96 valence electrons. The Morgan fingerprint density at radius 3 is 2.83 bits per heavy atom. The normalized spacial score (nSPS) is 11.9. The van der Waals surface area contributed by atoms with Gasteiger partial charge >= 0.3 is 0 Å². The van der Waals surface area contributed by atoms with E-state index in [0.29, 0.717) is 5.82 Å². The van der Waals surface area contributed by atoms with Gasteiger partial charge in [-0.15, -0.1) is 0 Å². The van der Waals surface area contributed by atoms with E-state index >= 15 is 0 Å². The van der Waals surface area contributed by atoms with Crippen LogP contribution in [0.4, 0.5) is 4.39 Å². The van der Waals surface area contributed by atoms with Crippen LogP contribution in [0.2, 0.25) is 0 Å². The van der Waals surface area contributed by atoms with Crippen LogP contribution in [0.25, 0.3) is 0 Å². The number of hydrogen-bond acceptors (Lipinski definition) is 3. The van der Waals surface area contributed by atoms with E-state index in [0.717, 1.165) is 10.4 Å². The van der Waals surface area contributed by atoms with E-state index < -0.39 is 15.8 Å². The summed E-state index contributed by atoms with van der Waals surface area (Å²) in [6.45, 7) is 0.103. The van der Waals surface area contributed by atoms with Crippen molar-refractivity contribution >= 4 is 10.0 Å². The fraction of sp³-hybridized carbons (Fsp3) is 0.182. The molecule has 1 N–H and O–H groups in total. The number of nitrogens with zero attached hydrogens (tertiary/aromatic N) is 2. The molecule has 0 aliphatic rings. The maximum atomic E-state index is 13.0. The lowest BCUT2D eigenvalue weighted by molar-refractivity contribution is 0.457. The highest BCUT2D eigenvalue weighted by Gasteiger charge is 2.21. The van der Waals surface area contributed by atoms with E-state index in [4.69, 9.17) is 0 Å². The average Bonchev–Trinajstić information content (AvgIpc) is 2.81. The summed E-state index contributed by atoms with van der Waals surface area (Å²) in [6, 6.07) is 4.92. The van der Waals surface area contributed by atoms with Crippen LogP contribution in [0.3, 0.4) is 0 Å². The highest BCUT2D eigenvalue weighted by atomic mass is 32.2. The zero-order valence-corrected chi connectivity index (χ0v) is 10.5. The summed E-state index contributed by atoms with van der Waals surface area (Å²) in [5.41, 5.74) is 0. The van der Waals surface area contributed by atoms with Gasteiger partial charge in [0.2, 0.25) is 10.0 Å². The molecule has 18 heavy (non-hydrogen) atoms. The molecule has 2 rings (SSSR count). The Labute approximate surface area is 104 Å². The van der Waals surface area contributed by atoms with Crippen molar-refractivity contribution in [2.75, 3.05) is 7.05 Å². The molecule has 1 aromatic carbocycles. The molecule has 0 aliphatic heterocycles. The number of aromatic amines is 1. The minimum Gasteiger partial charge on any atom is -0.347 e. The van der Waals surface area contributed by atoms with Crippen LogP contribution >= 0.6 is 0 Å². The molecule has 0 spiro atoms. The SMILES string of the molecule is CN(Cc1ncc[nH]1)S(=O)(=O)c1cccc(F)c1. The van der Waals surface area contributed by atoms with E-state index in [9.17, 15) is 12.8 Å². The minimum atomic E-state index is -3.70. The largest absolute Gasteiger partial charge is 0.347 e. The Morgan fingerprint density at radius 2 is 2.22 bits per heavy atom. The molecule has 0 radical (unpaired) electrons. The molecule has 0 bridgehead atoms. The van der Waals surface area contributed by atoms with Crippen molar-refractivity contribution in [3.05, 3.63) is 48.3 Å². The molecule has 7 heteroatoms. The third kappa shape index (κ3) is 2.57. The van der Waals surface area contributed by atoms with Crippen LogP contribution < -0.4 is 0 Å². The summed E-state index contributed by atoms with van der Waals surface area (Å²) in [5, 5.41) is 0. The number of aromatic nitrogens is 2. The maximum Gasteiger partial charge on any atom is 0.243 e. The molecular weight excluding hydrogens is 257 g/mol. The van der Waals surface area contributed by atoms with Gasteiger partial charge in [-0.25, -0.2) is 17.8 Å². The topological polar surface area (TPSA) is 66.1 Å². The zero-order chi connectivity index (χ0) is 13.2. The maximum absolute atomic E-state index is 13.0. The summed E-state index contributed by atoms with van der Waals surface area (Å²) >= 11 is 0. The highest BCUT2D eigenvalue weighted by molar-refractivity contribution is 7.89. The number of benzene rings is 1. The molecule has 0 aliphatic carbocycles. The van der Waals surface area contributed by atoms with Crippen molar-refractivity contribution in [3.8, 4) is 0 Å². The van der Waals surface area contributed by atoms with Gasteiger partial charge in [-0.2, -0.15) is 4.31 Å². The molecule has 1 heterocycles. The van der Waals surface area contributed by atoms with Crippen molar-refractivity contribution in [1.29, 1.82) is 0 Å². The Bertz CT molecular complexity index is 625. The predicted molar refractivity (Wildman–Crippen MR) is 63.6 cm³/mol. The van der Waals surface area contributed by atoms with Crippen molar-refractivity contribution < 1.29 is 12.8 Å². The first-order valence-corrected chi connectivity index (χ1v) is 6.64. The molecular formula is C11H12FN3O2S. The Morgan fingerprint density at radius 1 is 1.44 bits per heavy atom. The van der Waals surface area contributed by atoms with E-state index in [2.05, 4.69) is 9.97 Å². The quantitative estimate of drug-likeness (QED) is 0.911. The highest BCUT2D eigenvalue weighted by Crippen LogP contribution is 2.16. The Hall–Kier alpha value is -1.73. The molecule has 2 aromatic rings. The van der Waals surface area contributed by atoms with Gasteiger partial charge < -0.3 is 4.98 Å². The van der Waals surface area contributed by atoms with Crippen molar-refractivity contribution in [2.45, 2.75) is 11.4 Å². The molecule has 0 amide bonds. The summed E-state index contributed by atoms with van der Waals surface area (Å²) < 4.78 is 38.4. The zero-order valence-electron chi connectivity index (χ0n) is 9.67. The Balaban J connectivity index is 2.25. The molecule has 0 saturated heterocycles. The lowest BCUT2D eigenvalue weighted by atomic mass is 10.4. The summed E-state index contributed by atoms with van der Waals surface area (Å²) in [6.07, 6.45) is 3.15. The van der Waals surface area contributed by atoms with Gasteiger partial charge in [0.1, 0.15) is 11.6 Å². The number of sulfonamides is 1. The van der Waals surface area contributed by atoms with Crippen molar-refractivity contribution in [3.63, 3.8) is 0 Å². The van der Waals surface area contributed by atoms with Crippen LogP contribution in [0.1, 0.15) is 5.82 Å². The van der Waals surface area contributed by atoms with Gasteiger partial charge in [0.15, 0.2) is 0 Å². The smallest absolute Gasteiger partial charge is 0.243 e. The lowest BCUT2D eigenvalue weighted by Gasteiger charge is -2.15. The molecule has 0 saturated carbocycles.